The maximum atomic E-state index is 14.9. The van der Waals surface area contributed by atoms with E-state index in [1.165, 1.54) is 17.4 Å². The number of likely N-dealkylation sites (tertiary alicyclic amines) is 1. The summed E-state index contributed by atoms with van der Waals surface area (Å²) in [5.74, 6) is 1.12. The molecule has 6 rings (SSSR count). The van der Waals surface area contributed by atoms with E-state index in [-0.39, 0.29) is 19.0 Å². The van der Waals surface area contributed by atoms with Gasteiger partial charge in [-0.2, -0.15) is 0 Å². The lowest BCUT2D eigenvalue weighted by atomic mass is 9.89. The third-order valence-corrected chi connectivity index (χ3v) is 8.46. The molecule has 1 aliphatic carbocycles. The molecule has 2 aliphatic heterocycles. The molecule has 3 aliphatic rings. The lowest BCUT2D eigenvalue weighted by Gasteiger charge is -2.27. The molecule has 2 atom stereocenters. The molecule has 0 spiro atoms. The smallest absolute Gasteiger partial charge is 0.231 e. The summed E-state index contributed by atoms with van der Waals surface area (Å²) in [6.45, 7) is 1.30. The van der Waals surface area contributed by atoms with E-state index < -0.39 is 23.4 Å². The van der Waals surface area contributed by atoms with Crippen LogP contribution in [0.25, 0.3) is 0 Å². The number of thiazole rings is 1. The van der Waals surface area contributed by atoms with E-state index >= 15 is 0 Å². The second kappa shape index (κ2) is 8.85. The van der Waals surface area contributed by atoms with Gasteiger partial charge in [0.2, 0.25) is 6.79 Å². The number of benzene rings is 2. The van der Waals surface area contributed by atoms with Crippen molar-refractivity contribution >= 4 is 28.7 Å². The number of hydrogen-bond donors (Lipinski definition) is 1. The molecular weight excluding hydrogens is 491 g/mol. The number of ketones is 1. The molecule has 2 fully saturated rings. The molecule has 0 radical (unpaired) electrons. The van der Waals surface area contributed by atoms with Crippen LogP contribution in [-0.4, -0.2) is 46.8 Å². The first-order valence-electron chi connectivity index (χ1n) is 11.7. The van der Waals surface area contributed by atoms with Gasteiger partial charge in [-0.15, -0.1) is 11.3 Å². The predicted molar refractivity (Wildman–Crippen MR) is 130 cm³/mol. The number of hydrogen-bond acceptors (Lipinski definition) is 7. The third-order valence-electron chi connectivity index (χ3n) is 7.18. The number of fused-ring (bicyclic) bond motifs is 1. The number of halogens is 2. The summed E-state index contributed by atoms with van der Waals surface area (Å²) in [6.07, 6.45) is 3.74. The Labute approximate surface area is 211 Å². The van der Waals surface area contributed by atoms with E-state index in [0.717, 1.165) is 23.3 Å². The van der Waals surface area contributed by atoms with Gasteiger partial charge in [0.15, 0.2) is 11.5 Å². The van der Waals surface area contributed by atoms with Gasteiger partial charge in [-0.3, -0.25) is 9.69 Å². The molecule has 9 heteroatoms. The van der Waals surface area contributed by atoms with Gasteiger partial charge < -0.3 is 14.6 Å². The number of Topliss-reactive ketones (excluding diaryl/α,β-unsaturated/α-hetero) is 1. The number of ether oxygens (including phenoxy) is 2. The molecule has 1 saturated carbocycles. The van der Waals surface area contributed by atoms with Crippen molar-refractivity contribution < 1.29 is 23.8 Å². The Kier molecular flexibility index (Phi) is 5.79. The van der Waals surface area contributed by atoms with Crippen molar-refractivity contribution in [2.24, 2.45) is 0 Å². The number of aliphatic hydroxyl groups excluding tert-OH is 1. The van der Waals surface area contributed by atoms with Crippen molar-refractivity contribution in [1.29, 1.82) is 0 Å². The summed E-state index contributed by atoms with van der Waals surface area (Å²) in [5.41, 5.74) is 0.938. The minimum absolute atomic E-state index is 0.128. The van der Waals surface area contributed by atoms with Crippen LogP contribution >= 0.6 is 22.9 Å². The monoisotopic (exact) mass is 514 g/mol. The van der Waals surface area contributed by atoms with Gasteiger partial charge in [-0.1, -0.05) is 23.7 Å². The summed E-state index contributed by atoms with van der Waals surface area (Å²) >= 11 is 7.41. The van der Waals surface area contributed by atoms with Crippen LogP contribution in [0, 0.1) is 5.82 Å². The molecule has 182 valence electrons. The fourth-order valence-electron chi connectivity index (χ4n) is 5.14. The summed E-state index contributed by atoms with van der Waals surface area (Å²) < 4.78 is 25.8. The van der Waals surface area contributed by atoms with E-state index in [4.69, 9.17) is 21.1 Å². The van der Waals surface area contributed by atoms with Crippen LogP contribution in [0.4, 0.5) is 4.39 Å². The Morgan fingerprint density at radius 1 is 1.26 bits per heavy atom. The molecule has 0 unspecified atom stereocenters. The van der Waals surface area contributed by atoms with Gasteiger partial charge in [-0.05, 0) is 49.1 Å². The minimum Gasteiger partial charge on any atom is -0.454 e. The molecule has 1 N–H and O–H groups in total. The molecule has 1 aromatic heterocycles. The Morgan fingerprint density at radius 3 is 2.83 bits per heavy atom. The first-order chi connectivity index (χ1) is 16.9. The zero-order valence-corrected chi connectivity index (χ0v) is 20.4. The highest BCUT2D eigenvalue weighted by molar-refractivity contribution is 7.11. The molecule has 35 heavy (non-hydrogen) atoms. The third kappa shape index (κ3) is 4.22. The van der Waals surface area contributed by atoms with Crippen LogP contribution in [0.15, 0.2) is 42.6 Å². The maximum absolute atomic E-state index is 14.9. The number of aliphatic hydroxyl groups is 1. The largest absolute Gasteiger partial charge is 0.454 e. The number of aromatic nitrogens is 1. The van der Waals surface area contributed by atoms with Crippen LogP contribution in [-0.2, 0) is 16.6 Å². The minimum atomic E-state index is -0.506. The summed E-state index contributed by atoms with van der Waals surface area (Å²) in [6, 6.07) is 10.0. The molecular formula is C26H24ClFN2O4S. The van der Waals surface area contributed by atoms with E-state index in [2.05, 4.69) is 9.88 Å². The van der Waals surface area contributed by atoms with E-state index in [9.17, 15) is 14.3 Å². The number of carbonyl (C=O) groups excluding carboxylic acids is 1. The highest BCUT2D eigenvalue weighted by Gasteiger charge is 2.51. The van der Waals surface area contributed by atoms with Gasteiger partial charge in [-0.25, -0.2) is 9.37 Å². The Hall–Kier alpha value is -2.52. The number of nitrogens with zero attached hydrogens (tertiary/aromatic N) is 2. The molecule has 3 aromatic rings. The molecule has 0 bridgehead atoms. The van der Waals surface area contributed by atoms with Crippen LogP contribution in [0.2, 0.25) is 5.02 Å². The molecule has 1 saturated heterocycles. The summed E-state index contributed by atoms with van der Waals surface area (Å²) in [4.78, 5) is 20.9. The maximum Gasteiger partial charge on any atom is 0.231 e. The molecule has 2 aromatic carbocycles. The van der Waals surface area contributed by atoms with E-state index in [1.807, 2.05) is 18.2 Å². The topological polar surface area (TPSA) is 71.9 Å². The summed E-state index contributed by atoms with van der Waals surface area (Å²) in [7, 11) is 0. The first-order valence-corrected chi connectivity index (χ1v) is 12.9. The Morgan fingerprint density at radius 2 is 2.09 bits per heavy atom. The molecule has 6 nitrogen and oxygen atoms in total. The van der Waals surface area contributed by atoms with Crippen molar-refractivity contribution in [3.63, 3.8) is 0 Å². The first kappa shape index (κ1) is 22.9. The fraction of sp³-hybridized carbons (Fsp3) is 0.385. The number of carbonyl (C=O) groups is 1. The van der Waals surface area contributed by atoms with Crippen LogP contribution in [0.1, 0.15) is 46.3 Å². The van der Waals surface area contributed by atoms with Crippen molar-refractivity contribution in [2.45, 2.75) is 43.2 Å². The SMILES string of the molecule is O=C(Cc1ncc([C@H](c2ccc(Cl)cc2F)N2CC[C@@H](O)C2)s1)C1(c2ccc3c(c2)OCO3)CC1. The van der Waals surface area contributed by atoms with Gasteiger partial charge in [0, 0.05) is 34.7 Å². The fourth-order valence-corrected chi connectivity index (χ4v) is 6.38. The van der Waals surface area contributed by atoms with Crippen LogP contribution < -0.4 is 9.47 Å². The average Bonchev–Trinajstić information content (AvgIpc) is 3.12. The van der Waals surface area contributed by atoms with Gasteiger partial charge in [0.05, 0.1) is 24.0 Å². The highest BCUT2D eigenvalue weighted by atomic mass is 35.5. The van der Waals surface area contributed by atoms with E-state index in [0.29, 0.717) is 46.6 Å². The number of rotatable bonds is 7. The van der Waals surface area contributed by atoms with Crippen molar-refractivity contribution in [3.05, 3.63) is 74.4 Å². The molecule has 3 heterocycles. The zero-order chi connectivity index (χ0) is 24.2. The Bertz CT molecular complexity index is 1290. The lowest BCUT2D eigenvalue weighted by molar-refractivity contribution is -0.120. The van der Waals surface area contributed by atoms with Crippen molar-refractivity contribution in [3.8, 4) is 11.5 Å². The lowest BCUT2D eigenvalue weighted by Crippen LogP contribution is -2.28. The van der Waals surface area contributed by atoms with Crippen LogP contribution in [0.3, 0.4) is 0 Å². The van der Waals surface area contributed by atoms with Gasteiger partial charge >= 0.3 is 0 Å². The zero-order valence-electron chi connectivity index (χ0n) is 18.9. The summed E-state index contributed by atoms with van der Waals surface area (Å²) in [5, 5.41) is 11.2. The van der Waals surface area contributed by atoms with Crippen molar-refractivity contribution in [2.75, 3.05) is 19.9 Å². The van der Waals surface area contributed by atoms with Crippen molar-refractivity contribution in [1.82, 2.24) is 9.88 Å². The highest BCUT2D eigenvalue weighted by Crippen LogP contribution is 2.51. The second-order valence-corrected chi connectivity index (χ2v) is 11.0. The second-order valence-electron chi connectivity index (χ2n) is 9.41. The molecule has 0 amide bonds. The quantitative estimate of drug-likeness (QED) is 0.494. The predicted octanol–water partition coefficient (Wildman–Crippen LogP) is 4.66. The average molecular weight is 515 g/mol. The van der Waals surface area contributed by atoms with Gasteiger partial charge in [0.25, 0.3) is 0 Å². The van der Waals surface area contributed by atoms with Gasteiger partial charge in [0.1, 0.15) is 16.6 Å². The standard InChI is InChI=1S/C26H24ClFN2O4S/c27-16-2-3-18(19(28)10-16)25(30-8-5-17(31)13-30)22-12-29-24(35-22)11-23(32)26(6-7-26)15-1-4-20-21(9-15)34-14-33-20/h1-4,9-10,12,17,25,31H,5-8,11,13-14H2/t17-,25+/m1/s1. The Balaban J connectivity index is 1.25. The van der Waals surface area contributed by atoms with E-state index in [1.54, 1.807) is 18.3 Å². The number of β-amino-alcohol motifs (C(OH)–C–C–N with tert-alkyl or cyclic N) is 1. The normalized spacial score (nSPS) is 21.3. The van der Waals surface area contributed by atoms with Crippen LogP contribution in [0.5, 0.6) is 11.5 Å².